The summed E-state index contributed by atoms with van der Waals surface area (Å²) in [5.41, 5.74) is 0.925. The normalized spacial score (nSPS) is 10.5. The van der Waals surface area contributed by atoms with E-state index in [0.29, 0.717) is 5.92 Å². The number of rotatable bonds is 5. The van der Waals surface area contributed by atoms with Gasteiger partial charge < -0.3 is 4.90 Å². The van der Waals surface area contributed by atoms with Gasteiger partial charge in [-0.05, 0) is 24.5 Å². The minimum Gasteiger partial charge on any atom is -0.311 e. The third kappa shape index (κ3) is 3.86. The Kier molecular flexibility index (Phi) is 5.33. The summed E-state index contributed by atoms with van der Waals surface area (Å²) in [5, 5.41) is 0. The van der Waals surface area contributed by atoms with Gasteiger partial charge in [0.25, 0.3) is 0 Å². The summed E-state index contributed by atoms with van der Waals surface area (Å²) >= 11 is 5.62. The van der Waals surface area contributed by atoms with Gasteiger partial charge in [0, 0.05) is 12.2 Å². The maximum atomic E-state index is 11.7. The number of hydrogen-bond donors (Lipinski definition) is 0. The van der Waals surface area contributed by atoms with Crippen LogP contribution in [0.1, 0.15) is 20.3 Å². The summed E-state index contributed by atoms with van der Waals surface area (Å²) in [6, 6.07) is 9.67. The number of amides is 1. The van der Waals surface area contributed by atoms with Gasteiger partial charge >= 0.3 is 0 Å². The van der Waals surface area contributed by atoms with E-state index in [2.05, 4.69) is 13.8 Å². The van der Waals surface area contributed by atoms with Crippen molar-refractivity contribution >= 4 is 23.2 Å². The average molecular weight is 240 g/mol. The first kappa shape index (κ1) is 13.0. The predicted molar refractivity (Wildman–Crippen MR) is 69.0 cm³/mol. The molecule has 1 amide bonds. The van der Waals surface area contributed by atoms with Gasteiger partial charge in [-0.2, -0.15) is 0 Å². The summed E-state index contributed by atoms with van der Waals surface area (Å²) in [5.74, 6) is 0.579. The van der Waals surface area contributed by atoms with E-state index in [1.54, 1.807) is 4.90 Å². The second kappa shape index (κ2) is 6.54. The number of alkyl halides is 1. The summed E-state index contributed by atoms with van der Waals surface area (Å²) in [6.07, 6.45) is 0.984. The number of halogens is 1. The van der Waals surface area contributed by atoms with E-state index in [4.69, 9.17) is 11.6 Å². The second-order valence-corrected chi connectivity index (χ2v) is 4.46. The monoisotopic (exact) mass is 239 g/mol. The lowest BCUT2D eigenvalue weighted by atomic mass is 10.1. The number of carbonyl (C=O) groups is 1. The molecule has 0 spiro atoms. The highest BCUT2D eigenvalue weighted by atomic mass is 35.5. The molecule has 0 heterocycles. The molecule has 0 N–H and O–H groups in total. The van der Waals surface area contributed by atoms with Crippen LogP contribution in [-0.2, 0) is 4.79 Å². The van der Waals surface area contributed by atoms with Crippen molar-refractivity contribution in [2.75, 3.05) is 17.3 Å². The number of nitrogens with zero attached hydrogens (tertiary/aromatic N) is 1. The van der Waals surface area contributed by atoms with Crippen molar-refractivity contribution in [1.29, 1.82) is 0 Å². The highest BCUT2D eigenvalue weighted by Gasteiger charge is 2.14. The topological polar surface area (TPSA) is 20.3 Å². The van der Waals surface area contributed by atoms with Crippen molar-refractivity contribution in [3.63, 3.8) is 0 Å². The summed E-state index contributed by atoms with van der Waals surface area (Å²) < 4.78 is 0. The predicted octanol–water partition coefficient (Wildman–Crippen LogP) is 3.30. The molecule has 3 heteroatoms. The van der Waals surface area contributed by atoms with E-state index >= 15 is 0 Å². The molecule has 1 aromatic carbocycles. The summed E-state index contributed by atoms with van der Waals surface area (Å²) in [6.45, 7) is 5.02. The molecule has 1 aromatic rings. The van der Waals surface area contributed by atoms with Crippen molar-refractivity contribution in [3.05, 3.63) is 30.3 Å². The Balaban J connectivity index is 2.76. The number of hydrogen-bond acceptors (Lipinski definition) is 1. The quantitative estimate of drug-likeness (QED) is 0.722. The Morgan fingerprint density at radius 3 is 2.44 bits per heavy atom. The van der Waals surface area contributed by atoms with Gasteiger partial charge in [-0.25, -0.2) is 0 Å². The number of para-hydroxylation sites is 1. The van der Waals surface area contributed by atoms with Crippen molar-refractivity contribution in [1.82, 2.24) is 0 Å². The SMILES string of the molecule is CC(C)CCN(C(=O)CCl)c1ccccc1. The molecule has 0 atom stereocenters. The third-order valence-corrected chi connectivity index (χ3v) is 2.64. The van der Waals surface area contributed by atoms with Crippen LogP contribution < -0.4 is 4.90 Å². The summed E-state index contributed by atoms with van der Waals surface area (Å²) in [7, 11) is 0. The standard InChI is InChI=1S/C13H18ClNO/c1-11(2)8-9-15(13(16)10-14)12-6-4-3-5-7-12/h3-7,11H,8-10H2,1-2H3. The Labute approximate surface area is 102 Å². The zero-order chi connectivity index (χ0) is 12.0. The first-order valence-corrected chi connectivity index (χ1v) is 6.10. The molecule has 0 bridgehead atoms. The first-order valence-electron chi connectivity index (χ1n) is 5.56. The third-order valence-electron chi connectivity index (χ3n) is 2.41. The minimum atomic E-state index is -0.0338. The Morgan fingerprint density at radius 1 is 1.31 bits per heavy atom. The van der Waals surface area contributed by atoms with Crippen LogP contribution in [0, 0.1) is 5.92 Å². The molecule has 16 heavy (non-hydrogen) atoms. The first-order chi connectivity index (χ1) is 7.65. The highest BCUT2D eigenvalue weighted by molar-refractivity contribution is 6.29. The van der Waals surface area contributed by atoms with Crippen LogP contribution in [-0.4, -0.2) is 18.3 Å². The van der Waals surface area contributed by atoms with Crippen LogP contribution in [0.5, 0.6) is 0 Å². The molecule has 0 fully saturated rings. The lowest BCUT2D eigenvalue weighted by Crippen LogP contribution is -2.33. The smallest absolute Gasteiger partial charge is 0.241 e. The van der Waals surface area contributed by atoms with Crippen molar-refractivity contribution in [3.8, 4) is 0 Å². The van der Waals surface area contributed by atoms with Gasteiger partial charge in [0.1, 0.15) is 5.88 Å². The second-order valence-electron chi connectivity index (χ2n) is 4.20. The molecule has 2 nitrogen and oxygen atoms in total. The zero-order valence-corrected chi connectivity index (χ0v) is 10.6. The van der Waals surface area contributed by atoms with Crippen LogP contribution >= 0.6 is 11.6 Å². The van der Waals surface area contributed by atoms with E-state index in [-0.39, 0.29) is 11.8 Å². The fourth-order valence-corrected chi connectivity index (χ4v) is 1.61. The zero-order valence-electron chi connectivity index (χ0n) is 9.82. The molecule has 0 aliphatic heterocycles. The molecular formula is C13H18ClNO. The Morgan fingerprint density at radius 2 is 1.94 bits per heavy atom. The number of carbonyl (C=O) groups excluding carboxylic acids is 1. The van der Waals surface area contributed by atoms with Crippen LogP contribution in [0.4, 0.5) is 5.69 Å². The fraction of sp³-hybridized carbons (Fsp3) is 0.462. The molecule has 0 aliphatic rings. The molecule has 0 unspecified atom stereocenters. The number of benzene rings is 1. The van der Waals surface area contributed by atoms with Crippen molar-refractivity contribution in [2.45, 2.75) is 20.3 Å². The molecule has 0 saturated carbocycles. The minimum absolute atomic E-state index is 0.0338. The summed E-state index contributed by atoms with van der Waals surface area (Å²) in [4.78, 5) is 13.5. The Bertz CT molecular complexity index is 324. The maximum absolute atomic E-state index is 11.7. The van der Waals surface area contributed by atoms with E-state index in [1.807, 2.05) is 30.3 Å². The van der Waals surface area contributed by atoms with E-state index in [9.17, 15) is 4.79 Å². The van der Waals surface area contributed by atoms with Gasteiger partial charge in [-0.15, -0.1) is 11.6 Å². The lowest BCUT2D eigenvalue weighted by molar-refractivity contribution is -0.116. The Hall–Kier alpha value is -1.02. The van der Waals surface area contributed by atoms with Crippen LogP contribution in [0.2, 0.25) is 0 Å². The molecule has 0 aliphatic carbocycles. The largest absolute Gasteiger partial charge is 0.311 e. The fourth-order valence-electron chi connectivity index (χ4n) is 1.47. The lowest BCUT2D eigenvalue weighted by Gasteiger charge is -2.22. The molecular weight excluding hydrogens is 222 g/mol. The average Bonchev–Trinajstić information content (AvgIpc) is 2.30. The van der Waals surface area contributed by atoms with E-state index in [0.717, 1.165) is 18.7 Å². The molecule has 0 saturated heterocycles. The van der Waals surface area contributed by atoms with E-state index < -0.39 is 0 Å². The molecule has 1 rings (SSSR count). The molecule has 88 valence electrons. The highest BCUT2D eigenvalue weighted by Crippen LogP contribution is 2.15. The molecule has 0 aromatic heterocycles. The maximum Gasteiger partial charge on any atom is 0.241 e. The molecule has 0 radical (unpaired) electrons. The van der Waals surface area contributed by atoms with Gasteiger partial charge in [0.2, 0.25) is 5.91 Å². The van der Waals surface area contributed by atoms with Crippen molar-refractivity contribution in [2.24, 2.45) is 5.92 Å². The van der Waals surface area contributed by atoms with Gasteiger partial charge in [0.15, 0.2) is 0 Å². The van der Waals surface area contributed by atoms with E-state index in [1.165, 1.54) is 0 Å². The van der Waals surface area contributed by atoms with Crippen molar-refractivity contribution < 1.29 is 4.79 Å². The van der Waals surface area contributed by atoms with Gasteiger partial charge in [-0.1, -0.05) is 32.0 Å². The van der Waals surface area contributed by atoms with Crippen LogP contribution in [0.3, 0.4) is 0 Å². The van der Waals surface area contributed by atoms with Gasteiger partial charge in [-0.3, -0.25) is 4.79 Å². The van der Waals surface area contributed by atoms with Gasteiger partial charge in [0.05, 0.1) is 0 Å². The number of anilines is 1. The van der Waals surface area contributed by atoms with Crippen LogP contribution in [0.15, 0.2) is 30.3 Å². The van der Waals surface area contributed by atoms with Crippen LogP contribution in [0.25, 0.3) is 0 Å².